The molecule has 1 unspecified atom stereocenters. The monoisotopic (exact) mass is 254 g/mol. The summed E-state index contributed by atoms with van der Waals surface area (Å²) in [5.74, 6) is 1.51. The van der Waals surface area contributed by atoms with Crippen LogP contribution in [0, 0.1) is 6.92 Å². The second kappa shape index (κ2) is 5.69. The van der Waals surface area contributed by atoms with Gasteiger partial charge in [-0.25, -0.2) is 4.98 Å². The first-order chi connectivity index (χ1) is 8.19. The zero-order valence-corrected chi connectivity index (χ0v) is 11.2. The zero-order valence-electron chi connectivity index (χ0n) is 10.4. The lowest BCUT2D eigenvalue weighted by atomic mass is 10.2. The van der Waals surface area contributed by atoms with Gasteiger partial charge in [-0.05, 0) is 37.5 Å². The van der Waals surface area contributed by atoms with Crippen LogP contribution in [0.4, 0.5) is 5.82 Å². The molecule has 2 rings (SSSR count). The topological polar surface area (TPSA) is 25.4 Å². The molecule has 0 amide bonds. The van der Waals surface area contributed by atoms with Gasteiger partial charge in [-0.15, -0.1) is 11.6 Å². The first-order valence-electron chi connectivity index (χ1n) is 6.05. The highest BCUT2D eigenvalue weighted by molar-refractivity contribution is 6.17. The molecule has 2 heterocycles. The molecular weight excluding hydrogens is 236 g/mol. The maximum Gasteiger partial charge on any atom is 0.128 e. The molecular formula is C13H19ClN2O. The summed E-state index contributed by atoms with van der Waals surface area (Å²) in [6.07, 6.45) is 2.67. The van der Waals surface area contributed by atoms with E-state index in [-0.39, 0.29) is 0 Å². The van der Waals surface area contributed by atoms with Gasteiger partial charge in [0.2, 0.25) is 0 Å². The minimum Gasteiger partial charge on any atom is -0.376 e. The Morgan fingerprint density at radius 1 is 1.53 bits per heavy atom. The average Bonchev–Trinajstić information content (AvgIpc) is 2.81. The molecule has 0 aromatic carbocycles. The molecule has 0 bridgehead atoms. The Hall–Kier alpha value is -0.800. The number of anilines is 1. The first kappa shape index (κ1) is 12.7. The predicted molar refractivity (Wildman–Crippen MR) is 70.8 cm³/mol. The van der Waals surface area contributed by atoms with E-state index in [0.29, 0.717) is 12.0 Å². The highest BCUT2D eigenvalue weighted by Gasteiger charge is 2.18. The van der Waals surface area contributed by atoms with Crippen molar-refractivity contribution in [2.45, 2.75) is 31.7 Å². The summed E-state index contributed by atoms with van der Waals surface area (Å²) in [6, 6.07) is 4.07. The van der Waals surface area contributed by atoms with Gasteiger partial charge < -0.3 is 9.64 Å². The molecule has 0 spiro atoms. The fourth-order valence-corrected chi connectivity index (χ4v) is 2.34. The van der Waals surface area contributed by atoms with Crippen LogP contribution in [-0.2, 0) is 10.6 Å². The van der Waals surface area contributed by atoms with Crippen molar-refractivity contribution >= 4 is 17.4 Å². The Bertz CT molecular complexity index is 378. The van der Waals surface area contributed by atoms with Gasteiger partial charge in [0.25, 0.3) is 0 Å². The van der Waals surface area contributed by atoms with E-state index >= 15 is 0 Å². The average molecular weight is 255 g/mol. The van der Waals surface area contributed by atoms with Crippen LogP contribution >= 0.6 is 11.6 Å². The van der Waals surface area contributed by atoms with Crippen molar-refractivity contribution in [3.63, 3.8) is 0 Å². The van der Waals surface area contributed by atoms with Gasteiger partial charge in [-0.3, -0.25) is 0 Å². The van der Waals surface area contributed by atoms with E-state index in [1.165, 1.54) is 6.42 Å². The highest BCUT2D eigenvalue weighted by atomic mass is 35.5. The van der Waals surface area contributed by atoms with Gasteiger partial charge in [-0.1, -0.05) is 0 Å². The molecule has 1 aromatic heterocycles. The number of hydrogen-bond donors (Lipinski definition) is 0. The van der Waals surface area contributed by atoms with Gasteiger partial charge in [-0.2, -0.15) is 0 Å². The van der Waals surface area contributed by atoms with E-state index in [9.17, 15) is 0 Å². The smallest absolute Gasteiger partial charge is 0.128 e. The van der Waals surface area contributed by atoms with Gasteiger partial charge in [0.15, 0.2) is 0 Å². The summed E-state index contributed by atoms with van der Waals surface area (Å²) in [5.41, 5.74) is 2.13. The van der Waals surface area contributed by atoms with Crippen molar-refractivity contribution in [2.75, 3.05) is 25.1 Å². The maximum atomic E-state index is 5.87. The predicted octanol–water partition coefficient (Wildman–Crippen LogP) is 2.74. The van der Waals surface area contributed by atoms with Crippen LogP contribution in [0.3, 0.4) is 0 Å². The van der Waals surface area contributed by atoms with E-state index in [0.717, 1.165) is 36.6 Å². The Labute approximate surface area is 108 Å². The van der Waals surface area contributed by atoms with Crippen molar-refractivity contribution in [1.82, 2.24) is 4.98 Å². The second-order valence-electron chi connectivity index (χ2n) is 4.62. The third-order valence-corrected chi connectivity index (χ3v) is 3.36. The van der Waals surface area contributed by atoms with E-state index in [1.54, 1.807) is 0 Å². The van der Waals surface area contributed by atoms with E-state index in [1.807, 2.05) is 13.0 Å². The lowest BCUT2D eigenvalue weighted by molar-refractivity contribution is 0.116. The standard InChI is InChI=1S/C13H19ClN2O/c1-10-6-11(8-14)7-13(15-10)16(2)9-12-4-3-5-17-12/h6-7,12H,3-5,8-9H2,1-2H3. The molecule has 1 aliphatic rings. The number of rotatable bonds is 4. The molecule has 1 atom stereocenters. The summed E-state index contributed by atoms with van der Waals surface area (Å²) in [4.78, 5) is 6.69. The largest absolute Gasteiger partial charge is 0.376 e. The first-order valence-corrected chi connectivity index (χ1v) is 6.59. The third kappa shape index (κ3) is 3.33. The summed E-state index contributed by atoms with van der Waals surface area (Å²) < 4.78 is 5.64. The molecule has 94 valence electrons. The molecule has 4 heteroatoms. The summed E-state index contributed by atoms with van der Waals surface area (Å²) in [5, 5.41) is 0. The lowest BCUT2D eigenvalue weighted by Crippen LogP contribution is -2.29. The molecule has 0 N–H and O–H groups in total. The molecule has 0 aliphatic carbocycles. The van der Waals surface area contributed by atoms with Gasteiger partial charge >= 0.3 is 0 Å². The summed E-state index contributed by atoms with van der Waals surface area (Å²) >= 11 is 5.87. The van der Waals surface area contributed by atoms with Crippen LogP contribution in [0.2, 0.25) is 0 Å². The summed E-state index contributed by atoms with van der Waals surface area (Å²) in [6.45, 7) is 3.80. The molecule has 17 heavy (non-hydrogen) atoms. The Balaban J connectivity index is 2.06. The number of halogens is 1. The molecule has 1 saturated heterocycles. The van der Waals surface area contributed by atoms with Crippen molar-refractivity contribution in [3.05, 3.63) is 23.4 Å². The number of pyridine rings is 1. The Kier molecular flexibility index (Phi) is 4.24. The van der Waals surface area contributed by atoms with Gasteiger partial charge in [0, 0.05) is 31.8 Å². The highest BCUT2D eigenvalue weighted by Crippen LogP contribution is 2.19. The van der Waals surface area contributed by atoms with E-state index in [2.05, 4.69) is 23.0 Å². The quantitative estimate of drug-likeness (QED) is 0.773. The normalized spacial score (nSPS) is 19.6. The number of aromatic nitrogens is 1. The van der Waals surface area contributed by atoms with Gasteiger partial charge in [0.05, 0.1) is 6.10 Å². The van der Waals surface area contributed by atoms with Crippen LogP contribution in [0.15, 0.2) is 12.1 Å². The fraction of sp³-hybridized carbons (Fsp3) is 0.615. The SMILES string of the molecule is Cc1cc(CCl)cc(N(C)CC2CCCO2)n1. The molecule has 3 nitrogen and oxygen atoms in total. The molecule has 1 aromatic rings. The van der Waals surface area contributed by atoms with Crippen molar-refractivity contribution in [3.8, 4) is 0 Å². The van der Waals surface area contributed by atoms with Crippen LogP contribution < -0.4 is 4.90 Å². The third-order valence-electron chi connectivity index (χ3n) is 3.05. The van der Waals surface area contributed by atoms with Crippen LogP contribution in [0.25, 0.3) is 0 Å². The molecule has 0 saturated carbocycles. The minimum absolute atomic E-state index is 0.349. The van der Waals surface area contributed by atoms with Crippen molar-refractivity contribution in [2.24, 2.45) is 0 Å². The van der Waals surface area contributed by atoms with E-state index in [4.69, 9.17) is 16.3 Å². The fourth-order valence-electron chi connectivity index (χ4n) is 2.18. The molecule has 1 aliphatic heterocycles. The van der Waals surface area contributed by atoms with Crippen molar-refractivity contribution < 1.29 is 4.74 Å². The number of alkyl halides is 1. The van der Waals surface area contributed by atoms with Crippen LogP contribution in [0.1, 0.15) is 24.1 Å². The van der Waals surface area contributed by atoms with E-state index < -0.39 is 0 Å². The minimum atomic E-state index is 0.349. The zero-order chi connectivity index (χ0) is 12.3. The maximum absolute atomic E-state index is 5.87. The summed E-state index contributed by atoms with van der Waals surface area (Å²) in [7, 11) is 2.06. The van der Waals surface area contributed by atoms with Crippen molar-refractivity contribution in [1.29, 1.82) is 0 Å². The van der Waals surface area contributed by atoms with Gasteiger partial charge in [0.1, 0.15) is 5.82 Å². The molecule has 1 fully saturated rings. The lowest BCUT2D eigenvalue weighted by Gasteiger charge is -2.22. The van der Waals surface area contributed by atoms with Crippen LogP contribution in [0.5, 0.6) is 0 Å². The number of nitrogens with zero attached hydrogens (tertiary/aromatic N) is 2. The number of hydrogen-bond acceptors (Lipinski definition) is 3. The molecule has 0 radical (unpaired) electrons. The number of ether oxygens (including phenoxy) is 1. The van der Waals surface area contributed by atoms with Crippen LogP contribution in [-0.4, -0.2) is 31.3 Å². The Morgan fingerprint density at radius 2 is 2.35 bits per heavy atom. The second-order valence-corrected chi connectivity index (χ2v) is 4.89. The Morgan fingerprint density at radius 3 is 3.00 bits per heavy atom. The number of likely N-dealkylation sites (N-methyl/N-ethyl adjacent to an activating group) is 1. The number of aryl methyl sites for hydroxylation is 1.